The second kappa shape index (κ2) is 7.11. The highest BCUT2D eigenvalue weighted by atomic mass is 16.5. The fraction of sp³-hybridized carbons (Fsp3) is 0.231. The molecule has 0 heterocycles. The molecule has 0 aliphatic rings. The van der Waals surface area contributed by atoms with Gasteiger partial charge in [-0.2, -0.15) is 0 Å². The van der Waals surface area contributed by atoms with Crippen LogP contribution in [-0.2, 0) is 9.59 Å². The zero-order valence-corrected chi connectivity index (χ0v) is 10.1. The average Bonchev–Trinajstić information content (AvgIpc) is 2.34. The minimum Gasteiger partial charge on any atom is -0.494 e. The van der Waals surface area contributed by atoms with Crippen LogP contribution in [0.4, 0.5) is 5.69 Å². The summed E-state index contributed by atoms with van der Waals surface area (Å²) in [5, 5.41) is 10.9. The molecule has 1 rings (SSSR count). The summed E-state index contributed by atoms with van der Waals surface area (Å²) in [6.45, 7) is 2.61. The highest BCUT2D eigenvalue weighted by molar-refractivity contribution is 6.02. The molecule has 0 bridgehead atoms. The monoisotopic (exact) mass is 249 g/mol. The van der Waals surface area contributed by atoms with Crippen LogP contribution in [0, 0.1) is 0 Å². The number of hydrogen-bond donors (Lipinski definition) is 2. The number of anilines is 1. The van der Waals surface area contributed by atoms with Gasteiger partial charge in [-0.1, -0.05) is 13.0 Å². The summed E-state index contributed by atoms with van der Waals surface area (Å²) in [5.41, 5.74) is 0.559. The minimum atomic E-state index is -1.16. The van der Waals surface area contributed by atoms with Crippen molar-refractivity contribution in [1.29, 1.82) is 0 Å². The standard InChI is InChI=1S/C13H15NO4/c1-2-8-18-11-5-3-4-10(9-11)14-12(15)6-7-13(16)17/h3-7,9H,2,8H2,1H3,(H,14,15)(H,16,17)/b7-6+. The highest BCUT2D eigenvalue weighted by Crippen LogP contribution is 2.17. The van der Waals surface area contributed by atoms with Crippen LogP contribution in [0.5, 0.6) is 5.75 Å². The lowest BCUT2D eigenvalue weighted by molar-refractivity contribution is -0.131. The molecule has 0 spiro atoms. The Morgan fingerprint density at radius 3 is 2.83 bits per heavy atom. The molecule has 0 aromatic heterocycles. The van der Waals surface area contributed by atoms with Crippen molar-refractivity contribution in [2.45, 2.75) is 13.3 Å². The third kappa shape index (κ3) is 5.16. The van der Waals surface area contributed by atoms with E-state index in [-0.39, 0.29) is 0 Å². The molecule has 0 aliphatic carbocycles. The van der Waals surface area contributed by atoms with Crippen LogP contribution < -0.4 is 10.1 Å². The van der Waals surface area contributed by atoms with Crippen molar-refractivity contribution in [3.63, 3.8) is 0 Å². The van der Waals surface area contributed by atoms with E-state index in [1.54, 1.807) is 24.3 Å². The van der Waals surface area contributed by atoms with Gasteiger partial charge < -0.3 is 15.2 Å². The van der Waals surface area contributed by atoms with Crippen molar-refractivity contribution in [1.82, 2.24) is 0 Å². The number of rotatable bonds is 6. The van der Waals surface area contributed by atoms with Crippen LogP contribution in [0.15, 0.2) is 36.4 Å². The first-order chi connectivity index (χ1) is 8.61. The smallest absolute Gasteiger partial charge is 0.328 e. The van der Waals surface area contributed by atoms with E-state index in [0.29, 0.717) is 18.0 Å². The lowest BCUT2D eigenvalue weighted by Gasteiger charge is -2.07. The SMILES string of the molecule is CCCOc1cccc(NC(=O)/C=C/C(=O)O)c1. The van der Waals surface area contributed by atoms with Gasteiger partial charge in [0.1, 0.15) is 5.75 Å². The topological polar surface area (TPSA) is 75.6 Å². The molecular weight excluding hydrogens is 234 g/mol. The van der Waals surface area contributed by atoms with E-state index in [1.807, 2.05) is 6.92 Å². The fourth-order valence-corrected chi connectivity index (χ4v) is 1.21. The van der Waals surface area contributed by atoms with Crippen molar-refractivity contribution in [2.24, 2.45) is 0 Å². The third-order valence-electron chi connectivity index (χ3n) is 1.95. The Bertz CT molecular complexity index is 454. The molecule has 0 saturated carbocycles. The van der Waals surface area contributed by atoms with E-state index in [1.165, 1.54) is 0 Å². The number of benzene rings is 1. The number of amides is 1. The van der Waals surface area contributed by atoms with Gasteiger partial charge in [-0.15, -0.1) is 0 Å². The predicted octanol–water partition coefficient (Wildman–Crippen LogP) is 2.05. The van der Waals surface area contributed by atoms with E-state index >= 15 is 0 Å². The Kier molecular flexibility index (Phi) is 5.44. The summed E-state index contributed by atoms with van der Waals surface area (Å²) in [6, 6.07) is 6.92. The fourth-order valence-electron chi connectivity index (χ4n) is 1.21. The maximum Gasteiger partial charge on any atom is 0.328 e. The Labute approximate surface area is 105 Å². The van der Waals surface area contributed by atoms with Gasteiger partial charge in [0, 0.05) is 23.9 Å². The molecule has 0 atom stereocenters. The van der Waals surface area contributed by atoms with Crippen molar-refractivity contribution in [3.05, 3.63) is 36.4 Å². The summed E-state index contributed by atoms with van der Waals surface area (Å²) >= 11 is 0. The van der Waals surface area contributed by atoms with Crippen LogP contribution in [0.25, 0.3) is 0 Å². The van der Waals surface area contributed by atoms with Crippen molar-refractivity contribution < 1.29 is 19.4 Å². The molecule has 1 aromatic carbocycles. The molecule has 5 nitrogen and oxygen atoms in total. The van der Waals surface area contributed by atoms with Gasteiger partial charge in [0.05, 0.1) is 6.61 Å². The molecule has 2 N–H and O–H groups in total. The Morgan fingerprint density at radius 2 is 2.17 bits per heavy atom. The average molecular weight is 249 g/mol. The molecule has 0 aliphatic heterocycles. The molecule has 1 aromatic rings. The molecule has 5 heteroatoms. The van der Waals surface area contributed by atoms with Gasteiger partial charge in [0.15, 0.2) is 0 Å². The summed E-state index contributed by atoms with van der Waals surface area (Å²) in [4.78, 5) is 21.6. The largest absolute Gasteiger partial charge is 0.494 e. The van der Waals surface area contributed by atoms with Gasteiger partial charge >= 0.3 is 5.97 Å². The van der Waals surface area contributed by atoms with Crippen molar-refractivity contribution in [2.75, 3.05) is 11.9 Å². The lowest BCUT2D eigenvalue weighted by atomic mass is 10.3. The lowest BCUT2D eigenvalue weighted by Crippen LogP contribution is -2.08. The number of aliphatic carboxylic acids is 1. The molecule has 0 saturated heterocycles. The molecule has 1 amide bonds. The van der Waals surface area contributed by atoms with Crippen LogP contribution in [0.3, 0.4) is 0 Å². The van der Waals surface area contributed by atoms with Crippen molar-refractivity contribution >= 4 is 17.6 Å². The zero-order chi connectivity index (χ0) is 13.4. The minimum absolute atomic E-state index is 0.495. The number of hydrogen-bond acceptors (Lipinski definition) is 3. The van der Waals surface area contributed by atoms with Gasteiger partial charge in [-0.25, -0.2) is 4.79 Å². The van der Waals surface area contributed by atoms with E-state index in [4.69, 9.17) is 9.84 Å². The van der Waals surface area contributed by atoms with Gasteiger partial charge in [0.2, 0.25) is 5.91 Å². The maximum atomic E-state index is 11.3. The Balaban J connectivity index is 2.61. The number of nitrogens with one attached hydrogen (secondary N) is 1. The van der Waals surface area contributed by atoms with Crippen LogP contribution in [-0.4, -0.2) is 23.6 Å². The van der Waals surface area contributed by atoms with Gasteiger partial charge in [-0.3, -0.25) is 4.79 Å². The number of carboxylic acid groups (broad SMARTS) is 1. The molecule has 18 heavy (non-hydrogen) atoms. The van der Waals surface area contributed by atoms with E-state index in [0.717, 1.165) is 18.6 Å². The van der Waals surface area contributed by atoms with Crippen molar-refractivity contribution in [3.8, 4) is 5.75 Å². The Morgan fingerprint density at radius 1 is 1.39 bits per heavy atom. The van der Waals surface area contributed by atoms with Gasteiger partial charge in [-0.05, 0) is 18.6 Å². The van der Waals surface area contributed by atoms with Crippen LogP contribution in [0.1, 0.15) is 13.3 Å². The van der Waals surface area contributed by atoms with Crippen LogP contribution >= 0.6 is 0 Å². The Hall–Kier alpha value is -2.30. The second-order valence-corrected chi connectivity index (χ2v) is 3.54. The third-order valence-corrected chi connectivity index (χ3v) is 1.95. The van der Waals surface area contributed by atoms with E-state index in [2.05, 4.69) is 5.32 Å². The molecular formula is C13H15NO4. The number of carbonyl (C=O) groups excluding carboxylic acids is 1. The maximum absolute atomic E-state index is 11.3. The molecule has 0 radical (unpaired) electrons. The highest BCUT2D eigenvalue weighted by Gasteiger charge is 2.00. The first kappa shape index (κ1) is 13.8. The molecule has 96 valence electrons. The molecule has 0 fully saturated rings. The second-order valence-electron chi connectivity index (χ2n) is 3.54. The number of ether oxygens (including phenoxy) is 1. The van der Waals surface area contributed by atoms with E-state index in [9.17, 15) is 9.59 Å². The quantitative estimate of drug-likeness (QED) is 0.756. The zero-order valence-electron chi connectivity index (χ0n) is 10.1. The summed E-state index contributed by atoms with van der Waals surface area (Å²) in [7, 11) is 0. The number of carbonyl (C=O) groups is 2. The van der Waals surface area contributed by atoms with E-state index < -0.39 is 11.9 Å². The summed E-state index contributed by atoms with van der Waals surface area (Å²) < 4.78 is 5.41. The normalized spacial score (nSPS) is 10.3. The first-order valence-corrected chi connectivity index (χ1v) is 5.56. The number of carboxylic acids is 1. The summed E-state index contributed by atoms with van der Waals surface area (Å²) in [5.74, 6) is -0.993. The first-order valence-electron chi connectivity index (χ1n) is 5.56. The summed E-state index contributed by atoms with van der Waals surface area (Å²) in [6.07, 6.45) is 2.65. The predicted molar refractivity (Wildman–Crippen MR) is 67.6 cm³/mol. The van der Waals surface area contributed by atoms with Gasteiger partial charge in [0.25, 0.3) is 0 Å². The van der Waals surface area contributed by atoms with Crippen LogP contribution in [0.2, 0.25) is 0 Å². The molecule has 0 unspecified atom stereocenters.